The molecule has 2 amide bonds. The summed E-state index contributed by atoms with van der Waals surface area (Å²) >= 11 is 0. The number of carbonyl (C=O) groups is 2. The molecule has 0 aliphatic carbocycles. The topological polar surface area (TPSA) is 153 Å². The van der Waals surface area contributed by atoms with Crippen LogP contribution in [0.4, 0.5) is 5.69 Å². The third-order valence-electron chi connectivity index (χ3n) is 7.81. The van der Waals surface area contributed by atoms with Gasteiger partial charge < -0.3 is 25.7 Å². The molecule has 0 saturated heterocycles. The van der Waals surface area contributed by atoms with Crippen LogP contribution in [0.3, 0.4) is 0 Å². The average molecular weight is 599 g/mol. The second kappa shape index (κ2) is 13.4. The highest BCUT2D eigenvalue weighted by molar-refractivity contribution is 6.00. The Bertz CT molecular complexity index is 1660. The number of fused-ring (bicyclic) bond motifs is 1. The number of carbonyl (C=O) groups excluding carboxylic acids is 2. The fraction of sp³-hybridized carbons (Fsp3) is 0.333. The minimum atomic E-state index is -0.919. The Hall–Kier alpha value is -4.58. The van der Waals surface area contributed by atoms with E-state index in [1.807, 2.05) is 86.6 Å². The molecular weight excluding hydrogens is 560 g/mol. The first-order valence-corrected chi connectivity index (χ1v) is 14.7. The average Bonchev–Trinajstić information content (AvgIpc) is 3.41. The number of nitrogens with zero attached hydrogens (tertiary/aromatic N) is 3. The second-order valence-electron chi connectivity index (χ2n) is 11.7. The van der Waals surface area contributed by atoms with Crippen LogP contribution in [0.1, 0.15) is 37.8 Å². The van der Waals surface area contributed by atoms with Crippen molar-refractivity contribution in [2.45, 2.75) is 57.3 Å². The van der Waals surface area contributed by atoms with E-state index in [4.69, 9.17) is 5.11 Å². The second-order valence-corrected chi connectivity index (χ2v) is 11.7. The van der Waals surface area contributed by atoms with Crippen LogP contribution in [-0.4, -0.2) is 67.6 Å². The normalized spacial score (nSPS) is 15.9. The molecular formula is C33H38N6O5. The Morgan fingerprint density at radius 2 is 1.75 bits per heavy atom. The van der Waals surface area contributed by atoms with Crippen molar-refractivity contribution in [1.29, 1.82) is 0 Å². The quantitative estimate of drug-likeness (QED) is 0.178. The Morgan fingerprint density at radius 3 is 2.45 bits per heavy atom. The smallest absolute Gasteiger partial charge is 0.347 e. The van der Waals surface area contributed by atoms with Gasteiger partial charge in [0.05, 0.1) is 24.9 Å². The molecule has 0 saturated carbocycles. The van der Waals surface area contributed by atoms with Crippen LogP contribution in [0, 0.1) is 0 Å². The summed E-state index contributed by atoms with van der Waals surface area (Å²) in [7, 11) is 0. The number of aryl methyl sites for hydroxylation is 1. The number of amides is 2. The number of para-hydroxylation sites is 2. The highest BCUT2D eigenvalue weighted by Gasteiger charge is 2.32. The predicted molar refractivity (Wildman–Crippen MR) is 167 cm³/mol. The first-order valence-electron chi connectivity index (χ1n) is 14.7. The summed E-state index contributed by atoms with van der Waals surface area (Å²) in [5.74, 6) is -0.457. The molecule has 0 spiro atoms. The highest BCUT2D eigenvalue weighted by atomic mass is 16.3. The fourth-order valence-electron chi connectivity index (χ4n) is 5.48. The zero-order valence-electron chi connectivity index (χ0n) is 24.9. The molecule has 4 aromatic rings. The Balaban J connectivity index is 1.34. The van der Waals surface area contributed by atoms with E-state index in [0.29, 0.717) is 25.1 Å². The van der Waals surface area contributed by atoms with E-state index in [0.717, 1.165) is 27.9 Å². The number of H-pyrrole nitrogens is 1. The maximum atomic E-state index is 14.0. The molecule has 2 atom stereocenters. The molecule has 0 fully saturated rings. The molecule has 2 heterocycles. The number of nitrogens with one attached hydrogen (secondary N) is 3. The molecule has 0 radical (unpaired) electrons. The first-order chi connectivity index (χ1) is 21.1. The number of aromatic nitrogens is 3. The summed E-state index contributed by atoms with van der Waals surface area (Å²) in [5.41, 5.74) is 4.19. The maximum Gasteiger partial charge on any atom is 0.347 e. The third kappa shape index (κ3) is 7.13. The number of β-amino-alcohol motifs (C(OH)–C–C–N with tert-alkyl or cyclic N) is 1. The number of benzene rings is 3. The van der Waals surface area contributed by atoms with E-state index < -0.39 is 17.7 Å². The number of anilines is 1. The molecule has 1 aromatic heterocycles. The number of rotatable bonds is 11. The number of aromatic amines is 1. The van der Waals surface area contributed by atoms with Gasteiger partial charge in [0.1, 0.15) is 12.4 Å². The van der Waals surface area contributed by atoms with Crippen molar-refractivity contribution in [2.24, 2.45) is 0 Å². The number of hydrogen-bond acceptors (Lipinski definition) is 7. The number of aliphatic hydroxyl groups is 2. The predicted octanol–water partition coefficient (Wildman–Crippen LogP) is 2.30. The molecule has 11 heteroatoms. The van der Waals surface area contributed by atoms with E-state index in [9.17, 15) is 19.5 Å². The van der Waals surface area contributed by atoms with Gasteiger partial charge in [-0.2, -0.15) is 9.78 Å². The van der Waals surface area contributed by atoms with Crippen LogP contribution < -0.4 is 21.2 Å². The summed E-state index contributed by atoms with van der Waals surface area (Å²) in [6.07, 6.45) is 1.64. The largest absolute Gasteiger partial charge is 0.394 e. The molecule has 5 rings (SSSR count). The van der Waals surface area contributed by atoms with Gasteiger partial charge in [-0.3, -0.25) is 14.6 Å². The lowest BCUT2D eigenvalue weighted by atomic mass is 9.99. The zero-order valence-corrected chi connectivity index (χ0v) is 24.9. The highest BCUT2D eigenvalue weighted by Crippen LogP contribution is 2.30. The summed E-state index contributed by atoms with van der Waals surface area (Å²) < 4.78 is 1.32. The monoisotopic (exact) mass is 598 g/mol. The van der Waals surface area contributed by atoms with E-state index in [2.05, 4.69) is 20.7 Å². The van der Waals surface area contributed by atoms with Crippen molar-refractivity contribution in [2.75, 3.05) is 18.1 Å². The van der Waals surface area contributed by atoms with Gasteiger partial charge in [0.15, 0.2) is 0 Å². The first kappa shape index (κ1) is 30.9. The minimum absolute atomic E-state index is 0.0925. The van der Waals surface area contributed by atoms with Crippen molar-refractivity contribution >= 4 is 17.5 Å². The van der Waals surface area contributed by atoms with E-state index in [1.165, 1.54) is 11.0 Å². The van der Waals surface area contributed by atoms with Crippen LogP contribution in [-0.2, 0) is 22.6 Å². The van der Waals surface area contributed by atoms with Crippen LogP contribution in [0.2, 0.25) is 0 Å². The van der Waals surface area contributed by atoms with Crippen LogP contribution in [0.25, 0.3) is 16.8 Å². The molecule has 1 aliphatic rings. The van der Waals surface area contributed by atoms with Gasteiger partial charge in [0.25, 0.3) is 0 Å². The SMILES string of the molecule is CC(C)(CC(=O)N[C@@H]1CCc2ccccc2N(Cc2ccc(-c3ccccc3-n3nc[nH]c3=O)cc2)C1=O)NC[C@H](O)CO. The lowest BCUT2D eigenvalue weighted by Gasteiger charge is -2.29. The van der Waals surface area contributed by atoms with E-state index >= 15 is 0 Å². The van der Waals surface area contributed by atoms with Gasteiger partial charge in [-0.25, -0.2) is 4.79 Å². The summed E-state index contributed by atoms with van der Waals surface area (Å²) in [6.45, 7) is 3.76. The van der Waals surface area contributed by atoms with Crippen molar-refractivity contribution in [1.82, 2.24) is 25.4 Å². The standard InChI is InChI=1S/C33H38N6O5/c1-33(2,35-18-25(41)20-40)17-30(42)37-27-16-15-24-7-3-5-9-28(24)38(31(27)43)19-22-11-13-23(14-12-22)26-8-4-6-10-29(26)39-32(44)34-21-36-39/h3-14,21,25,27,35,40-41H,15-20H2,1-2H3,(H,37,42)(H,34,36,44)/t25-,27+/m0/s1. The summed E-state index contributed by atoms with van der Waals surface area (Å²) in [6, 6.07) is 22.5. The molecule has 230 valence electrons. The van der Waals surface area contributed by atoms with Crippen LogP contribution in [0.5, 0.6) is 0 Å². The zero-order chi connectivity index (χ0) is 31.3. The van der Waals surface area contributed by atoms with Crippen LogP contribution in [0.15, 0.2) is 83.9 Å². The number of aliphatic hydroxyl groups excluding tert-OH is 2. The Kier molecular flexibility index (Phi) is 9.38. The van der Waals surface area contributed by atoms with Crippen molar-refractivity contribution < 1.29 is 19.8 Å². The molecule has 3 aromatic carbocycles. The molecule has 0 bridgehead atoms. The van der Waals surface area contributed by atoms with E-state index in [1.54, 1.807) is 4.90 Å². The lowest BCUT2D eigenvalue weighted by Crippen LogP contribution is -2.51. The molecule has 11 nitrogen and oxygen atoms in total. The van der Waals surface area contributed by atoms with E-state index in [-0.39, 0.29) is 37.1 Å². The lowest BCUT2D eigenvalue weighted by molar-refractivity contribution is -0.128. The van der Waals surface area contributed by atoms with Gasteiger partial charge in [0, 0.05) is 29.8 Å². The summed E-state index contributed by atoms with van der Waals surface area (Å²) in [4.78, 5) is 43.6. The van der Waals surface area contributed by atoms with Crippen molar-refractivity contribution in [3.05, 3.63) is 101 Å². The van der Waals surface area contributed by atoms with Gasteiger partial charge in [-0.05, 0) is 55.5 Å². The van der Waals surface area contributed by atoms with Gasteiger partial charge >= 0.3 is 5.69 Å². The third-order valence-corrected chi connectivity index (χ3v) is 7.81. The molecule has 5 N–H and O–H groups in total. The number of hydrogen-bond donors (Lipinski definition) is 5. The van der Waals surface area contributed by atoms with Gasteiger partial charge in [-0.1, -0.05) is 60.7 Å². The van der Waals surface area contributed by atoms with Gasteiger partial charge in [0.2, 0.25) is 11.8 Å². The molecule has 44 heavy (non-hydrogen) atoms. The Morgan fingerprint density at radius 1 is 1.05 bits per heavy atom. The Labute approximate surface area is 255 Å². The maximum absolute atomic E-state index is 14.0. The van der Waals surface area contributed by atoms with Gasteiger partial charge in [-0.15, -0.1) is 0 Å². The minimum Gasteiger partial charge on any atom is -0.394 e. The van der Waals surface area contributed by atoms with Crippen molar-refractivity contribution in [3.8, 4) is 16.8 Å². The molecule has 1 aliphatic heterocycles. The van der Waals surface area contributed by atoms with Crippen molar-refractivity contribution in [3.63, 3.8) is 0 Å². The molecule has 0 unspecified atom stereocenters. The summed E-state index contributed by atoms with van der Waals surface area (Å²) in [5, 5.41) is 28.9. The fourth-order valence-corrected chi connectivity index (χ4v) is 5.48. The van der Waals surface area contributed by atoms with Crippen LogP contribution >= 0.6 is 0 Å².